The van der Waals surface area contributed by atoms with Crippen LogP contribution in [-0.4, -0.2) is 41.0 Å². The summed E-state index contributed by atoms with van der Waals surface area (Å²) in [5.74, 6) is 1.46. The Hall–Kier alpha value is 0.0700. The van der Waals surface area contributed by atoms with Crippen molar-refractivity contribution >= 4 is 10.8 Å². The second kappa shape index (κ2) is 6.53. The Balaban J connectivity index is 2.14. The van der Waals surface area contributed by atoms with Crippen LogP contribution in [0.25, 0.3) is 0 Å². The summed E-state index contributed by atoms with van der Waals surface area (Å²) < 4.78 is 17.1. The Morgan fingerprint density at radius 2 is 2.43 bits per heavy atom. The molecule has 0 aromatic rings. The van der Waals surface area contributed by atoms with E-state index in [1.807, 2.05) is 0 Å². The van der Waals surface area contributed by atoms with Crippen LogP contribution in [0.5, 0.6) is 0 Å². The van der Waals surface area contributed by atoms with Crippen LogP contribution in [0.4, 0.5) is 0 Å². The maximum absolute atomic E-state index is 11.7. The zero-order valence-electron chi connectivity index (χ0n) is 9.12. The Labute approximate surface area is 89.1 Å². The number of rotatable bonds is 6. The highest BCUT2D eigenvalue weighted by molar-refractivity contribution is 7.85. The van der Waals surface area contributed by atoms with Crippen molar-refractivity contribution in [3.63, 3.8) is 0 Å². The van der Waals surface area contributed by atoms with Crippen LogP contribution in [0.3, 0.4) is 0 Å². The van der Waals surface area contributed by atoms with E-state index in [9.17, 15) is 4.21 Å². The van der Waals surface area contributed by atoms with E-state index in [0.29, 0.717) is 6.04 Å². The van der Waals surface area contributed by atoms with Gasteiger partial charge in [0.1, 0.15) is 0 Å². The zero-order chi connectivity index (χ0) is 10.4. The smallest absolute Gasteiger partial charge is 0.0691 e. The van der Waals surface area contributed by atoms with E-state index >= 15 is 0 Å². The van der Waals surface area contributed by atoms with Crippen LogP contribution in [-0.2, 0) is 15.5 Å². The van der Waals surface area contributed by atoms with Crippen LogP contribution in [0.1, 0.15) is 26.7 Å². The number of hydrogen-bond acceptors (Lipinski definition) is 3. The standard InChI is InChI=1S/C10H21NO2S/c1-3-11-9(2)7-14(12)8-10-5-4-6-13-10/h9-11H,3-8H2,1-2H3. The molecule has 0 spiro atoms. The quantitative estimate of drug-likeness (QED) is 0.722. The van der Waals surface area contributed by atoms with Gasteiger partial charge >= 0.3 is 0 Å². The summed E-state index contributed by atoms with van der Waals surface area (Å²) in [5, 5.41) is 3.27. The lowest BCUT2D eigenvalue weighted by atomic mass is 10.3. The minimum Gasteiger partial charge on any atom is -0.377 e. The molecule has 0 aromatic heterocycles. The summed E-state index contributed by atoms with van der Waals surface area (Å²) in [5.41, 5.74) is 0. The van der Waals surface area contributed by atoms with Gasteiger partial charge in [0, 0.05) is 35.0 Å². The molecule has 1 N–H and O–H groups in total. The normalized spacial score (nSPS) is 26.3. The maximum Gasteiger partial charge on any atom is 0.0691 e. The summed E-state index contributed by atoms with van der Waals surface area (Å²) in [6.07, 6.45) is 2.47. The van der Waals surface area contributed by atoms with Crippen molar-refractivity contribution in [2.24, 2.45) is 0 Å². The van der Waals surface area contributed by atoms with Gasteiger partial charge in [0.05, 0.1) is 6.10 Å². The zero-order valence-corrected chi connectivity index (χ0v) is 9.94. The fraction of sp³-hybridized carbons (Fsp3) is 1.00. The topological polar surface area (TPSA) is 38.3 Å². The van der Waals surface area contributed by atoms with Gasteiger partial charge in [0.15, 0.2) is 0 Å². The van der Waals surface area contributed by atoms with Crippen molar-refractivity contribution in [3.05, 3.63) is 0 Å². The van der Waals surface area contributed by atoms with Crippen LogP contribution < -0.4 is 5.32 Å². The van der Waals surface area contributed by atoms with Crippen LogP contribution >= 0.6 is 0 Å². The highest BCUT2D eigenvalue weighted by Crippen LogP contribution is 2.13. The van der Waals surface area contributed by atoms with E-state index < -0.39 is 10.8 Å². The van der Waals surface area contributed by atoms with E-state index in [1.165, 1.54) is 0 Å². The largest absolute Gasteiger partial charge is 0.377 e. The van der Waals surface area contributed by atoms with Gasteiger partial charge < -0.3 is 10.1 Å². The van der Waals surface area contributed by atoms with E-state index in [2.05, 4.69) is 19.2 Å². The third kappa shape index (κ3) is 4.53. The fourth-order valence-electron chi connectivity index (χ4n) is 1.74. The van der Waals surface area contributed by atoms with E-state index in [1.54, 1.807) is 0 Å². The minimum atomic E-state index is -0.729. The predicted octanol–water partition coefficient (Wildman–Crippen LogP) is 0.912. The Morgan fingerprint density at radius 3 is 3.00 bits per heavy atom. The molecule has 0 saturated carbocycles. The predicted molar refractivity (Wildman–Crippen MR) is 60.0 cm³/mol. The van der Waals surface area contributed by atoms with Gasteiger partial charge in [0.25, 0.3) is 0 Å². The van der Waals surface area contributed by atoms with Gasteiger partial charge in [-0.1, -0.05) is 6.92 Å². The third-order valence-electron chi connectivity index (χ3n) is 2.38. The summed E-state index contributed by atoms with van der Waals surface area (Å²) in [6.45, 7) is 5.94. The van der Waals surface area contributed by atoms with Crippen molar-refractivity contribution in [2.75, 3.05) is 24.7 Å². The average molecular weight is 219 g/mol. The van der Waals surface area contributed by atoms with E-state index in [4.69, 9.17) is 4.74 Å². The second-order valence-corrected chi connectivity index (χ2v) is 5.41. The molecule has 1 aliphatic rings. The summed E-state index contributed by atoms with van der Waals surface area (Å²) in [6, 6.07) is 0.349. The first-order valence-corrected chi connectivity index (χ1v) is 6.91. The maximum atomic E-state index is 11.7. The molecule has 4 heteroatoms. The summed E-state index contributed by atoms with van der Waals surface area (Å²) >= 11 is 0. The number of nitrogens with one attached hydrogen (secondary N) is 1. The lowest BCUT2D eigenvalue weighted by Crippen LogP contribution is -2.32. The molecule has 1 rings (SSSR count). The molecule has 0 aliphatic carbocycles. The van der Waals surface area contributed by atoms with Gasteiger partial charge in [-0.2, -0.15) is 0 Å². The van der Waals surface area contributed by atoms with Crippen molar-refractivity contribution < 1.29 is 8.95 Å². The number of hydrogen-bond donors (Lipinski definition) is 1. The van der Waals surface area contributed by atoms with Gasteiger partial charge in [-0.15, -0.1) is 0 Å². The molecule has 1 heterocycles. The lowest BCUT2D eigenvalue weighted by Gasteiger charge is -2.13. The van der Waals surface area contributed by atoms with Crippen LogP contribution in [0, 0.1) is 0 Å². The Morgan fingerprint density at radius 1 is 1.64 bits per heavy atom. The minimum absolute atomic E-state index is 0.254. The molecule has 1 aliphatic heterocycles. The molecule has 0 aromatic carbocycles. The molecule has 0 bridgehead atoms. The average Bonchev–Trinajstić information content (AvgIpc) is 2.56. The van der Waals surface area contributed by atoms with Gasteiger partial charge in [-0.05, 0) is 26.3 Å². The molecular formula is C10H21NO2S. The molecule has 14 heavy (non-hydrogen) atoms. The first-order valence-electron chi connectivity index (χ1n) is 5.42. The van der Waals surface area contributed by atoms with Crippen molar-refractivity contribution in [1.82, 2.24) is 5.32 Å². The molecular weight excluding hydrogens is 198 g/mol. The van der Waals surface area contributed by atoms with Crippen LogP contribution in [0.2, 0.25) is 0 Å². The molecule has 0 amide bonds. The highest BCUT2D eigenvalue weighted by atomic mass is 32.2. The van der Waals surface area contributed by atoms with Crippen molar-refractivity contribution in [1.29, 1.82) is 0 Å². The van der Waals surface area contributed by atoms with E-state index in [-0.39, 0.29) is 6.10 Å². The number of ether oxygens (including phenoxy) is 1. The van der Waals surface area contributed by atoms with Gasteiger partial charge in [-0.25, -0.2) is 0 Å². The van der Waals surface area contributed by atoms with Crippen molar-refractivity contribution in [3.8, 4) is 0 Å². The van der Waals surface area contributed by atoms with Gasteiger partial charge in [0.2, 0.25) is 0 Å². The molecule has 3 atom stereocenters. The molecule has 1 fully saturated rings. The van der Waals surface area contributed by atoms with Gasteiger partial charge in [-0.3, -0.25) is 4.21 Å². The molecule has 1 saturated heterocycles. The van der Waals surface area contributed by atoms with Crippen LogP contribution in [0.15, 0.2) is 0 Å². The SMILES string of the molecule is CCNC(C)CS(=O)CC1CCCO1. The highest BCUT2D eigenvalue weighted by Gasteiger charge is 2.19. The molecule has 84 valence electrons. The van der Waals surface area contributed by atoms with E-state index in [0.717, 1.165) is 37.5 Å². The first-order chi connectivity index (χ1) is 6.72. The Bertz CT molecular complexity index is 181. The second-order valence-electron chi connectivity index (χ2n) is 3.87. The molecule has 3 unspecified atom stereocenters. The summed E-state index contributed by atoms with van der Waals surface area (Å²) in [4.78, 5) is 0. The Kier molecular flexibility index (Phi) is 5.67. The third-order valence-corrected chi connectivity index (χ3v) is 4.00. The molecule has 3 nitrogen and oxygen atoms in total. The summed E-state index contributed by atoms with van der Waals surface area (Å²) in [7, 11) is -0.729. The monoisotopic (exact) mass is 219 g/mol. The first kappa shape index (κ1) is 12.1. The molecule has 0 radical (unpaired) electrons. The fourth-order valence-corrected chi connectivity index (χ4v) is 3.23. The lowest BCUT2D eigenvalue weighted by molar-refractivity contribution is 0.128. The van der Waals surface area contributed by atoms with Crippen molar-refractivity contribution in [2.45, 2.75) is 38.8 Å².